The van der Waals surface area contributed by atoms with Crippen LogP contribution in [0, 0.1) is 5.41 Å². The standard InChI is InChI=1S/C11H15N7O4.ClH/c12-7(13)9-16-8(14)4-10(17-9)18(2-15-4)11-6(21)5(20)3(1-19)22-11;/h2-3,5-6,11,19-21H,1H2,(H3,12,13)(H2,14,16,17);1H/t3-,5?,6+,11-;/m1./s1. The van der Waals surface area contributed by atoms with E-state index in [9.17, 15) is 10.2 Å². The molecule has 0 aliphatic carbocycles. The van der Waals surface area contributed by atoms with Crippen molar-refractivity contribution in [3.05, 3.63) is 12.2 Å². The molecule has 1 saturated heterocycles. The molecule has 1 aliphatic rings. The maximum Gasteiger partial charge on any atom is 0.198 e. The lowest BCUT2D eigenvalue weighted by molar-refractivity contribution is -0.0511. The molecule has 0 bridgehead atoms. The topological polar surface area (TPSA) is 189 Å². The maximum absolute atomic E-state index is 10.1. The molecule has 3 heterocycles. The molecule has 23 heavy (non-hydrogen) atoms. The predicted octanol–water partition coefficient (Wildman–Crippen LogP) is -2.27. The molecular weight excluding hydrogens is 330 g/mol. The Morgan fingerprint density at radius 3 is 2.61 bits per heavy atom. The Hall–Kier alpha value is -2.05. The number of nitrogens with zero attached hydrogens (tertiary/aromatic N) is 4. The molecule has 2 aromatic heterocycles. The summed E-state index contributed by atoms with van der Waals surface area (Å²) in [6.45, 7) is -0.447. The average Bonchev–Trinajstić information content (AvgIpc) is 3.02. The summed E-state index contributed by atoms with van der Waals surface area (Å²) in [7, 11) is 0. The van der Waals surface area contributed by atoms with Crippen LogP contribution in [0.4, 0.5) is 5.82 Å². The number of imidazole rings is 1. The number of hydrogen-bond donors (Lipinski definition) is 6. The van der Waals surface area contributed by atoms with Gasteiger partial charge in [-0.3, -0.25) is 9.98 Å². The van der Waals surface area contributed by atoms with Crippen LogP contribution in [0.15, 0.2) is 6.33 Å². The van der Waals surface area contributed by atoms with Crippen molar-refractivity contribution in [2.45, 2.75) is 24.5 Å². The van der Waals surface area contributed by atoms with Gasteiger partial charge in [0.1, 0.15) is 23.8 Å². The number of halogens is 1. The number of fused-ring (bicyclic) bond motifs is 1. The molecule has 4 atom stereocenters. The minimum absolute atomic E-state index is 0. The van der Waals surface area contributed by atoms with E-state index in [4.69, 9.17) is 26.7 Å². The van der Waals surface area contributed by atoms with Gasteiger partial charge in [0, 0.05) is 0 Å². The van der Waals surface area contributed by atoms with Crippen LogP contribution < -0.4 is 11.5 Å². The van der Waals surface area contributed by atoms with Gasteiger partial charge >= 0.3 is 0 Å². The normalized spacial score (nSPS) is 27.1. The van der Waals surface area contributed by atoms with Crippen LogP contribution in [0.3, 0.4) is 0 Å². The van der Waals surface area contributed by atoms with Gasteiger partial charge in [-0.25, -0.2) is 15.0 Å². The van der Waals surface area contributed by atoms with Gasteiger partial charge in [-0.2, -0.15) is 0 Å². The second-order valence-corrected chi connectivity index (χ2v) is 4.90. The molecular formula is C11H16ClN7O4. The third-order valence-electron chi connectivity index (χ3n) is 3.48. The first-order chi connectivity index (χ1) is 10.4. The smallest absolute Gasteiger partial charge is 0.198 e. The lowest BCUT2D eigenvalue weighted by Gasteiger charge is -2.16. The lowest BCUT2D eigenvalue weighted by atomic mass is 10.1. The van der Waals surface area contributed by atoms with Crippen LogP contribution in [0.1, 0.15) is 12.1 Å². The van der Waals surface area contributed by atoms with Gasteiger partial charge in [0.2, 0.25) is 0 Å². The molecule has 3 rings (SSSR count). The molecule has 8 N–H and O–H groups in total. The highest BCUT2D eigenvalue weighted by molar-refractivity contribution is 5.94. The van der Waals surface area contributed by atoms with Crippen molar-refractivity contribution in [3.8, 4) is 0 Å². The molecule has 0 amide bonds. The van der Waals surface area contributed by atoms with Crippen molar-refractivity contribution >= 4 is 35.2 Å². The van der Waals surface area contributed by atoms with Gasteiger partial charge in [0.05, 0.1) is 12.9 Å². The van der Waals surface area contributed by atoms with Crippen molar-refractivity contribution in [2.75, 3.05) is 12.3 Å². The minimum atomic E-state index is -1.29. The maximum atomic E-state index is 10.1. The Morgan fingerprint density at radius 1 is 1.35 bits per heavy atom. The molecule has 1 fully saturated rings. The van der Waals surface area contributed by atoms with E-state index in [1.165, 1.54) is 10.9 Å². The molecule has 11 nitrogen and oxygen atoms in total. The molecule has 0 saturated carbocycles. The third-order valence-corrected chi connectivity index (χ3v) is 3.48. The highest BCUT2D eigenvalue weighted by atomic mass is 35.5. The highest BCUT2D eigenvalue weighted by Crippen LogP contribution is 2.31. The van der Waals surface area contributed by atoms with Crippen LogP contribution in [0.25, 0.3) is 11.2 Å². The summed E-state index contributed by atoms with van der Waals surface area (Å²) >= 11 is 0. The first-order valence-electron chi connectivity index (χ1n) is 6.41. The molecule has 2 aromatic rings. The number of anilines is 1. The lowest BCUT2D eigenvalue weighted by Crippen LogP contribution is -2.33. The van der Waals surface area contributed by atoms with E-state index in [1.807, 2.05) is 0 Å². The molecule has 0 spiro atoms. The van der Waals surface area contributed by atoms with E-state index in [-0.39, 0.29) is 41.0 Å². The fraction of sp³-hybridized carbons (Fsp3) is 0.455. The molecule has 1 unspecified atom stereocenters. The van der Waals surface area contributed by atoms with Crippen LogP contribution in [0.2, 0.25) is 0 Å². The summed E-state index contributed by atoms with van der Waals surface area (Å²) in [6, 6.07) is 0. The fourth-order valence-electron chi connectivity index (χ4n) is 2.35. The van der Waals surface area contributed by atoms with Crippen LogP contribution >= 0.6 is 12.4 Å². The molecule has 12 heteroatoms. The van der Waals surface area contributed by atoms with Gasteiger partial charge in [-0.05, 0) is 0 Å². The van der Waals surface area contributed by atoms with Crippen LogP contribution in [0.5, 0.6) is 0 Å². The third kappa shape index (κ3) is 2.68. The second-order valence-electron chi connectivity index (χ2n) is 4.90. The number of aliphatic hydroxyl groups is 3. The zero-order valence-corrected chi connectivity index (χ0v) is 12.5. The van der Waals surface area contributed by atoms with Gasteiger partial charge in [-0.1, -0.05) is 0 Å². The Labute approximate surface area is 135 Å². The second kappa shape index (κ2) is 6.22. The summed E-state index contributed by atoms with van der Waals surface area (Å²) in [4.78, 5) is 12.0. The summed E-state index contributed by atoms with van der Waals surface area (Å²) in [6.07, 6.45) is -3.15. The average molecular weight is 346 g/mol. The van der Waals surface area contributed by atoms with E-state index in [1.54, 1.807) is 0 Å². The minimum Gasteiger partial charge on any atom is -0.394 e. The fourth-order valence-corrected chi connectivity index (χ4v) is 2.35. The van der Waals surface area contributed by atoms with Gasteiger partial charge in [0.25, 0.3) is 0 Å². The van der Waals surface area contributed by atoms with Gasteiger partial charge < -0.3 is 31.5 Å². The van der Waals surface area contributed by atoms with E-state index in [0.29, 0.717) is 0 Å². The van der Waals surface area contributed by atoms with Crippen molar-refractivity contribution in [2.24, 2.45) is 5.73 Å². The van der Waals surface area contributed by atoms with Crippen molar-refractivity contribution < 1.29 is 20.1 Å². The largest absolute Gasteiger partial charge is 0.394 e. The summed E-state index contributed by atoms with van der Waals surface area (Å²) in [5.41, 5.74) is 11.6. The Balaban J connectivity index is 0.00000192. The summed E-state index contributed by atoms with van der Waals surface area (Å²) in [5, 5.41) is 36.4. The van der Waals surface area contributed by atoms with Crippen molar-refractivity contribution in [3.63, 3.8) is 0 Å². The zero-order chi connectivity index (χ0) is 16.0. The van der Waals surface area contributed by atoms with E-state index < -0.39 is 31.1 Å². The number of aromatic nitrogens is 4. The van der Waals surface area contributed by atoms with Gasteiger partial charge in [-0.15, -0.1) is 12.4 Å². The van der Waals surface area contributed by atoms with E-state index >= 15 is 0 Å². The number of nitrogens with two attached hydrogens (primary N) is 2. The Morgan fingerprint density at radius 2 is 2.04 bits per heavy atom. The van der Waals surface area contributed by atoms with Crippen molar-refractivity contribution in [1.82, 2.24) is 19.5 Å². The van der Waals surface area contributed by atoms with E-state index in [2.05, 4.69) is 15.0 Å². The van der Waals surface area contributed by atoms with Crippen LogP contribution in [-0.2, 0) is 4.74 Å². The summed E-state index contributed by atoms with van der Waals surface area (Å²) < 4.78 is 6.77. The highest BCUT2D eigenvalue weighted by Gasteiger charge is 2.44. The first kappa shape index (κ1) is 17.3. The number of amidine groups is 1. The summed E-state index contributed by atoms with van der Waals surface area (Å²) in [5.74, 6) is -0.429. The van der Waals surface area contributed by atoms with Crippen LogP contribution in [-0.4, -0.2) is 65.6 Å². The first-order valence-corrected chi connectivity index (χ1v) is 6.41. The Kier molecular flexibility index (Phi) is 4.68. The van der Waals surface area contributed by atoms with Crippen molar-refractivity contribution in [1.29, 1.82) is 5.41 Å². The zero-order valence-electron chi connectivity index (χ0n) is 11.7. The molecule has 1 aliphatic heterocycles. The number of rotatable bonds is 3. The monoisotopic (exact) mass is 345 g/mol. The number of nitrogen functional groups attached to an aromatic ring is 2. The van der Waals surface area contributed by atoms with E-state index in [0.717, 1.165) is 0 Å². The Bertz CT molecular complexity index is 738. The molecule has 126 valence electrons. The quantitative estimate of drug-likeness (QED) is 0.263. The number of aliphatic hydroxyl groups excluding tert-OH is 3. The number of hydrogen-bond acceptors (Lipinski definition) is 9. The van der Waals surface area contributed by atoms with Gasteiger partial charge in [0.15, 0.2) is 29.4 Å². The predicted molar refractivity (Wildman–Crippen MR) is 81.0 cm³/mol. The molecule has 0 aromatic carbocycles. The molecule has 0 radical (unpaired) electrons. The number of nitrogens with one attached hydrogen (secondary N) is 1. The number of ether oxygens (including phenoxy) is 1. The SMILES string of the molecule is Cl.N=C(N)c1nc(N)c2ncn([C@@H]3O[C@H](CO)C(O)[C@@H]3O)c2n1.